The Bertz CT molecular complexity index is 245. The molecule has 0 aliphatic rings. The molecular formula is C11H20N2S. The SMILES string of the molecule is CCCCc1nc(CCNCC)cs1. The van der Waals surface area contributed by atoms with Gasteiger partial charge in [-0.1, -0.05) is 20.3 Å². The molecule has 1 heterocycles. The van der Waals surface area contributed by atoms with Gasteiger partial charge in [0, 0.05) is 18.3 Å². The Morgan fingerprint density at radius 3 is 2.93 bits per heavy atom. The summed E-state index contributed by atoms with van der Waals surface area (Å²) in [5, 5.41) is 6.81. The second-order valence-electron chi connectivity index (χ2n) is 3.44. The van der Waals surface area contributed by atoms with Crippen molar-refractivity contribution in [3.63, 3.8) is 0 Å². The molecule has 1 aromatic heterocycles. The van der Waals surface area contributed by atoms with Gasteiger partial charge in [-0.2, -0.15) is 0 Å². The maximum Gasteiger partial charge on any atom is 0.0928 e. The molecule has 0 unspecified atom stereocenters. The maximum absolute atomic E-state index is 4.60. The zero-order valence-corrected chi connectivity index (χ0v) is 9.99. The van der Waals surface area contributed by atoms with Crippen LogP contribution in [0.4, 0.5) is 0 Å². The van der Waals surface area contributed by atoms with E-state index in [9.17, 15) is 0 Å². The molecule has 2 nitrogen and oxygen atoms in total. The lowest BCUT2D eigenvalue weighted by Crippen LogP contribution is -2.16. The summed E-state index contributed by atoms with van der Waals surface area (Å²) < 4.78 is 0. The van der Waals surface area contributed by atoms with E-state index >= 15 is 0 Å². The van der Waals surface area contributed by atoms with E-state index in [0.29, 0.717) is 0 Å². The second-order valence-corrected chi connectivity index (χ2v) is 4.38. The molecule has 0 fully saturated rings. The summed E-state index contributed by atoms with van der Waals surface area (Å²) in [6, 6.07) is 0. The molecule has 3 heteroatoms. The minimum atomic E-state index is 1.05. The van der Waals surface area contributed by atoms with Crippen molar-refractivity contribution in [3.05, 3.63) is 16.1 Å². The van der Waals surface area contributed by atoms with Crippen molar-refractivity contribution in [2.75, 3.05) is 13.1 Å². The Morgan fingerprint density at radius 2 is 2.21 bits per heavy atom. The van der Waals surface area contributed by atoms with Crippen molar-refractivity contribution in [2.24, 2.45) is 0 Å². The standard InChI is InChI=1S/C11H20N2S/c1-3-5-6-11-13-10(9-14-11)7-8-12-4-2/h9,12H,3-8H2,1-2H3. The Hall–Kier alpha value is -0.410. The first kappa shape index (κ1) is 11.7. The number of hydrogen-bond acceptors (Lipinski definition) is 3. The molecule has 0 radical (unpaired) electrons. The van der Waals surface area contributed by atoms with Gasteiger partial charge in [-0.25, -0.2) is 4.98 Å². The molecule has 0 saturated carbocycles. The monoisotopic (exact) mass is 212 g/mol. The first-order chi connectivity index (χ1) is 6.86. The number of unbranched alkanes of at least 4 members (excludes halogenated alkanes) is 1. The molecule has 1 rings (SSSR count). The molecule has 0 amide bonds. The molecule has 0 aromatic carbocycles. The number of hydrogen-bond donors (Lipinski definition) is 1. The fourth-order valence-electron chi connectivity index (χ4n) is 1.30. The van der Waals surface area contributed by atoms with Crippen LogP contribution in [0.5, 0.6) is 0 Å². The van der Waals surface area contributed by atoms with E-state index in [2.05, 4.69) is 29.5 Å². The van der Waals surface area contributed by atoms with Gasteiger partial charge in [-0.15, -0.1) is 11.3 Å². The van der Waals surface area contributed by atoms with Crippen LogP contribution in [0, 0.1) is 0 Å². The van der Waals surface area contributed by atoms with Crippen molar-refractivity contribution in [1.29, 1.82) is 0 Å². The average Bonchev–Trinajstić information content (AvgIpc) is 2.63. The van der Waals surface area contributed by atoms with E-state index in [4.69, 9.17) is 0 Å². The predicted octanol–water partition coefficient (Wildman–Crippen LogP) is 2.64. The third-order valence-corrected chi connectivity index (χ3v) is 3.11. The number of aromatic nitrogens is 1. The molecule has 1 aromatic rings. The van der Waals surface area contributed by atoms with Gasteiger partial charge in [-0.3, -0.25) is 0 Å². The molecule has 80 valence electrons. The Balaban J connectivity index is 2.27. The molecular weight excluding hydrogens is 192 g/mol. The lowest BCUT2D eigenvalue weighted by atomic mass is 10.2. The van der Waals surface area contributed by atoms with Crippen molar-refractivity contribution in [2.45, 2.75) is 39.5 Å². The van der Waals surface area contributed by atoms with E-state index in [1.54, 1.807) is 0 Å². The van der Waals surface area contributed by atoms with Crippen LogP contribution in [0.25, 0.3) is 0 Å². The summed E-state index contributed by atoms with van der Waals surface area (Å²) in [4.78, 5) is 4.60. The first-order valence-electron chi connectivity index (χ1n) is 5.50. The number of thiazole rings is 1. The molecule has 0 atom stereocenters. The van der Waals surface area contributed by atoms with Gasteiger partial charge < -0.3 is 5.32 Å². The molecule has 0 aliphatic carbocycles. The van der Waals surface area contributed by atoms with E-state index in [1.807, 2.05) is 11.3 Å². The molecule has 0 saturated heterocycles. The average molecular weight is 212 g/mol. The van der Waals surface area contributed by atoms with Crippen molar-refractivity contribution in [3.8, 4) is 0 Å². The van der Waals surface area contributed by atoms with E-state index in [1.165, 1.54) is 23.5 Å². The smallest absolute Gasteiger partial charge is 0.0928 e. The number of nitrogens with one attached hydrogen (secondary N) is 1. The summed E-state index contributed by atoms with van der Waals surface area (Å²) in [7, 11) is 0. The van der Waals surface area contributed by atoms with E-state index in [0.717, 1.165) is 25.9 Å². The van der Waals surface area contributed by atoms with Gasteiger partial charge in [0.1, 0.15) is 0 Å². The topological polar surface area (TPSA) is 24.9 Å². The second kappa shape index (κ2) is 6.96. The van der Waals surface area contributed by atoms with E-state index in [-0.39, 0.29) is 0 Å². The van der Waals surface area contributed by atoms with Gasteiger partial charge >= 0.3 is 0 Å². The van der Waals surface area contributed by atoms with Gasteiger partial charge in [-0.05, 0) is 19.4 Å². The molecule has 14 heavy (non-hydrogen) atoms. The molecule has 1 N–H and O–H groups in total. The van der Waals surface area contributed by atoms with Crippen LogP contribution in [0.15, 0.2) is 5.38 Å². The highest BCUT2D eigenvalue weighted by Crippen LogP contribution is 2.12. The van der Waals surface area contributed by atoms with Crippen molar-refractivity contribution >= 4 is 11.3 Å². The third kappa shape index (κ3) is 4.20. The van der Waals surface area contributed by atoms with Gasteiger partial charge in [0.15, 0.2) is 0 Å². The Kier molecular flexibility index (Phi) is 5.80. The number of nitrogens with zero attached hydrogens (tertiary/aromatic N) is 1. The first-order valence-corrected chi connectivity index (χ1v) is 6.38. The fraction of sp³-hybridized carbons (Fsp3) is 0.727. The zero-order chi connectivity index (χ0) is 10.2. The normalized spacial score (nSPS) is 10.7. The highest BCUT2D eigenvalue weighted by Gasteiger charge is 2.00. The predicted molar refractivity (Wildman–Crippen MR) is 63.0 cm³/mol. The lowest BCUT2D eigenvalue weighted by Gasteiger charge is -1.97. The zero-order valence-electron chi connectivity index (χ0n) is 9.18. The third-order valence-electron chi connectivity index (χ3n) is 2.15. The van der Waals surface area contributed by atoms with Crippen LogP contribution in [0.2, 0.25) is 0 Å². The van der Waals surface area contributed by atoms with Crippen LogP contribution >= 0.6 is 11.3 Å². The number of likely N-dealkylation sites (N-methyl/N-ethyl adjacent to an activating group) is 1. The van der Waals surface area contributed by atoms with Crippen LogP contribution in [0.1, 0.15) is 37.4 Å². The summed E-state index contributed by atoms with van der Waals surface area (Å²) in [5.41, 5.74) is 1.25. The molecule has 0 bridgehead atoms. The van der Waals surface area contributed by atoms with Crippen molar-refractivity contribution in [1.82, 2.24) is 10.3 Å². The van der Waals surface area contributed by atoms with Crippen LogP contribution in [-0.2, 0) is 12.8 Å². The van der Waals surface area contributed by atoms with Gasteiger partial charge in [0.2, 0.25) is 0 Å². The fourth-order valence-corrected chi connectivity index (χ4v) is 2.17. The number of rotatable bonds is 7. The van der Waals surface area contributed by atoms with Gasteiger partial charge in [0.25, 0.3) is 0 Å². The van der Waals surface area contributed by atoms with Crippen LogP contribution in [0.3, 0.4) is 0 Å². The van der Waals surface area contributed by atoms with Gasteiger partial charge in [0.05, 0.1) is 10.7 Å². The summed E-state index contributed by atoms with van der Waals surface area (Å²) in [5.74, 6) is 0. The minimum absolute atomic E-state index is 1.05. The Labute approximate surface area is 90.8 Å². The maximum atomic E-state index is 4.60. The van der Waals surface area contributed by atoms with E-state index < -0.39 is 0 Å². The quantitative estimate of drug-likeness (QED) is 0.703. The Morgan fingerprint density at radius 1 is 1.36 bits per heavy atom. The molecule has 0 spiro atoms. The highest BCUT2D eigenvalue weighted by atomic mass is 32.1. The summed E-state index contributed by atoms with van der Waals surface area (Å²) >= 11 is 1.81. The van der Waals surface area contributed by atoms with Crippen LogP contribution < -0.4 is 5.32 Å². The highest BCUT2D eigenvalue weighted by molar-refractivity contribution is 7.09. The number of aryl methyl sites for hydroxylation is 1. The largest absolute Gasteiger partial charge is 0.317 e. The lowest BCUT2D eigenvalue weighted by molar-refractivity contribution is 0.706. The molecule has 0 aliphatic heterocycles. The van der Waals surface area contributed by atoms with Crippen LogP contribution in [-0.4, -0.2) is 18.1 Å². The van der Waals surface area contributed by atoms with Crippen molar-refractivity contribution < 1.29 is 0 Å². The summed E-state index contributed by atoms with van der Waals surface area (Å²) in [6.07, 6.45) is 4.74. The summed E-state index contributed by atoms with van der Waals surface area (Å²) in [6.45, 7) is 6.45. The minimum Gasteiger partial charge on any atom is -0.317 e.